The van der Waals surface area contributed by atoms with Crippen molar-refractivity contribution in [3.8, 4) is 0 Å². The maximum atomic E-state index is 14.9. The molecule has 38 heavy (non-hydrogen) atoms. The monoisotopic (exact) mass is 608 g/mol. The molecule has 1 atom stereocenters. The SMILES string of the molecule is CC(C)(C)OC(=O)NNC(=O)c1ccc(/C(F)=C/C(c2cc(Cl)c(Cl)c(Cl)c2)C(F)(F)F)cc1C(F)(F)F. The fourth-order valence-electron chi connectivity index (χ4n) is 2.98. The minimum Gasteiger partial charge on any atom is -0.443 e. The van der Waals surface area contributed by atoms with E-state index in [1.807, 2.05) is 0 Å². The molecule has 0 aliphatic carbocycles. The summed E-state index contributed by atoms with van der Waals surface area (Å²) in [6.45, 7) is 4.49. The van der Waals surface area contributed by atoms with Gasteiger partial charge < -0.3 is 4.74 Å². The normalized spacial score (nSPS) is 13.7. The molecule has 0 fully saturated rings. The van der Waals surface area contributed by atoms with Crippen LogP contribution in [0.15, 0.2) is 36.4 Å². The number of alkyl halides is 6. The molecule has 0 aliphatic rings. The summed E-state index contributed by atoms with van der Waals surface area (Å²) in [7, 11) is 0. The molecule has 0 spiro atoms. The number of hydrazine groups is 1. The third-order valence-electron chi connectivity index (χ3n) is 4.55. The van der Waals surface area contributed by atoms with Crippen molar-refractivity contribution < 1.29 is 45.1 Å². The highest BCUT2D eigenvalue weighted by Crippen LogP contribution is 2.42. The highest BCUT2D eigenvalue weighted by molar-refractivity contribution is 6.48. The van der Waals surface area contributed by atoms with Crippen LogP contribution in [0.2, 0.25) is 15.1 Å². The number of carbonyl (C=O) groups is 2. The average molecular weight is 610 g/mol. The second kappa shape index (κ2) is 11.6. The Morgan fingerprint density at radius 1 is 0.921 bits per heavy atom. The summed E-state index contributed by atoms with van der Waals surface area (Å²) in [5.74, 6) is -5.79. The molecular formula is C23H18Cl3F7N2O3. The highest BCUT2D eigenvalue weighted by Gasteiger charge is 2.41. The van der Waals surface area contributed by atoms with Crippen molar-refractivity contribution in [2.75, 3.05) is 0 Å². The lowest BCUT2D eigenvalue weighted by Gasteiger charge is -2.20. The molecule has 2 amide bonds. The summed E-state index contributed by atoms with van der Waals surface area (Å²) in [4.78, 5) is 23.9. The second-order valence-corrected chi connectivity index (χ2v) is 9.86. The zero-order chi connectivity index (χ0) is 29.2. The van der Waals surface area contributed by atoms with Gasteiger partial charge in [0.1, 0.15) is 17.3 Å². The number of rotatable bonds is 4. The van der Waals surface area contributed by atoms with Crippen molar-refractivity contribution in [3.05, 3.63) is 73.7 Å². The van der Waals surface area contributed by atoms with E-state index < -0.39 is 64.0 Å². The summed E-state index contributed by atoms with van der Waals surface area (Å²) in [6.07, 6.45) is -11.5. The summed E-state index contributed by atoms with van der Waals surface area (Å²) in [5, 5.41) is -0.953. The molecule has 0 saturated carbocycles. The number of hydrogen-bond acceptors (Lipinski definition) is 3. The van der Waals surface area contributed by atoms with Crippen LogP contribution >= 0.6 is 34.8 Å². The number of halogens is 10. The van der Waals surface area contributed by atoms with Gasteiger partial charge in [-0.05, 0) is 56.7 Å². The number of hydrogen-bond donors (Lipinski definition) is 2. The molecule has 0 aliphatic heterocycles. The van der Waals surface area contributed by atoms with Crippen LogP contribution in [0.25, 0.3) is 5.83 Å². The third-order valence-corrected chi connectivity index (χ3v) is 5.75. The van der Waals surface area contributed by atoms with E-state index in [1.165, 1.54) is 20.8 Å². The Bertz CT molecular complexity index is 1230. The maximum absolute atomic E-state index is 14.9. The average Bonchev–Trinajstić information content (AvgIpc) is 2.76. The molecule has 0 radical (unpaired) electrons. The molecule has 0 aromatic heterocycles. The van der Waals surface area contributed by atoms with Gasteiger partial charge in [0.05, 0.1) is 26.2 Å². The lowest BCUT2D eigenvalue weighted by atomic mass is 9.95. The van der Waals surface area contributed by atoms with Crippen LogP contribution in [0.4, 0.5) is 35.5 Å². The van der Waals surface area contributed by atoms with Crippen molar-refractivity contribution in [2.45, 2.75) is 44.6 Å². The number of allylic oxidation sites excluding steroid dienone is 1. The smallest absolute Gasteiger partial charge is 0.426 e. The summed E-state index contributed by atoms with van der Waals surface area (Å²) in [6, 6.07) is 2.95. The van der Waals surface area contributed by atoms with Crippen LogP contribution in [0.3, 0.4) is 0 Å². The predicted molar refractivity (Wildman–Crippen MR) is 128 cm³/mol. The van der Waals surface area contributed by atoms with Gasteiger partial charge in [-0.3, -0.25) is 10.2 Å². The first-order valence-corrected chi connectivity index (χ1v) is 11.4. The van der Waals surface area contributed by atoms with Gasteiger partial charge in [0.2, 0.25) is 0 Å². The van der Waals surface area contributed by atoms with Crippen LogP contribution in [0.1, 0.15) is 53.7 Å². The zero-order valence-corrected chi connectivity index (χ0v) is 21.8. The van der Waals surface area contributed by atoms with E-state index in [1.54, 1.807) is 10.9 Å². The molecule has 15 heteroatoms. The summed E-state index contributed by atoms with van der Waals surface area (Å²) < 4.78 is 102. The predicted octanol–water partition coefficient (Wildman–Crippen LogP) is 8.49. The van der Waals surface area contributed by atoms with Gasteiger partial charge in [-0.2, -0.15) is 26.3 Å². The van der Waals surface area contributed by atoms with E-state index >= 15 is 0 Å². The van der Waals surface area contributed by atoms with Gasteiger partial charge in [-0.1, -0.05) is 40.9 Å². The third kappa shape index (κ3) is 8.40. The maximum Gasteiger partial charge on any atom is 0.426 e. The minimum atomic E-state index is -5.23. The van der Waals surface area contributed by atoms with E-state index in [0.29, 0.717) is 12.1 Å². The van der Waals surface area contributed by atoms with Crippen molar-refractivity contribution in [3.63, 3.8) is 0 Å². The first-order valence-electron chi connectivity index (χ1n) is 10.3. The Morgan fingerprint density at radius 3 is 1.95 bits per heavy atom. The van der Waals surface area contributed by atoms with Crippen LogP contribution in [-0.2, 0) is 10.9 Å². The van der Waals surface area contributed by atoms with E-state index in [-0.39, 0.29) is 27.2 Å². The number of ether oxygens (including phenoxy) is 1. The second-order valence-electron chi connectivity index (χ2n) is 8.67. The number of amides is 2. The molecule has 2 rings (SSSR count). The molecule has 0 bridgehead atoms. The fraction of sp³-hybridized carbons (Fsp3) is 0.304. The Kier molecular flexibility index (Phi) is 9.61. The summed E-state index contributed by atoms with van der Waals surface area (Å²) in [5.41, 5.74) is -1.76. The summed E-state index contributed by atoms with van der Waals surface area (Å²) >= 11 is 17.3. The Balaban J connectivity index is 2.46. The van der Waals surface area contributed by atoms with Crippen LogP contribution in [0, 0.1) is 0 Å². The molecule has 2 aromatic carbocycles. The van der Waals surface area contributed by atoms with E-state index in [9.17, 15) is 40.3 Å². The van der Waals surface area contributed by atoms with Crippen LogP contribution in [-0.4, -0.2) is 23.8 Å². The molecule has 2 aromatic rings. The molecule has 5 nitrogen and oxygen atoms in total. The molecule has 0 saturated heterocycles. The molecule has 2 N–H and O–H groups in total. The lowest BCUT2D eigenvalue weighted by Crippen LogP contribution is -2.44. The Hall–Kier alpha value is -2.70. The van der Waals surface area contributed by atoms with Crippen LogP contribution < -0.4 is 10.9 Å². The number of benzene rings is 2. The van der Waals surface area contributed by atoms with Crippen molar-refractivity contribution >= 4 is 52.6 Å². The molecular weight excluding hydrogens is 592 g/mol. The molecule has 1 unspecified atom stereocenters. The minimum absolute atomic E-state index is 0.0369. The standard InChI is InChI=1S/C23H18Cl3F7N2O3/c1-21(2,3)38-20(37)35-34-19(36)12-5-4-10(6-14(12)23(31,32)33)17(27)9-13(22(28,29)30)11-7-15(24)18(26)16(25)8-11/h4-9,13H,1-3H3,(H,34,36)(H,35,37)/b17-9-. The number of nitrogens with one attached hydrogen (secondary N) is 2. The molecule has 208 valence electrons. The quantitative estimate of drug-likeness (QED) is 0.208. The van der Waals surface area contributed by atoms with E-state index in [4.69, 9.17) is 39.5 Å². The van der Waals surface area contributed by atoms with Gasteiger partial charge in [0, 0.05) is 5.56 Å². The van der Waals surface area contributed by atoms with Gasteiger partial charge in [0.15, 0.2) is 0 Å². The topological polar surface area (TPSA) is 67.4 Å². The van der Waals surface area contributed by atoms with Crippen LogP contribution in [0.5, 0.6) is 0 Å². The first kappa shape index (κ1) is 31.5. The van der Waals surface area contributed by atoms with Crippen molar-refractivity contribution in [1.82, 2.24) is 10.9 Å². The highest BCUT2D eigenvalue weighted by atomic mass is 35.5. The van der Waals surface area contributed by atoms with Gasteiger partial charge in [-0.25, -0.2) is 14.6 Å². The van der Waals surface area contributed by atoms with Gasteiger partial charge in [0.25, 0.3) is 5.91 Å². The van der Waals surface area contributed by atoms with Crippen molar-refractivity contribution in [2.24, 2.45) is 0 Å². The lowest BCUT2D eigenvalue weighted by molar-refractivity contribution is -0.140. The first-order chi connectivity index (χ1) is 17.2. The Morgan fingerprint density at radius 2 is 1.47 bits per heavy atom. The van der Waals surface area contributed by atoms with Crippen molar-refractivity contribution in [1.29, 1.82) is 0 Å². The molecule has 0 heterocycles. The van der Waals surface area contributed by atoms with Gasteiger partial charge in [-0.15, -0.1) is 0 Å². The zero-order valence-electron chi connectivity index (χ0n) is 19.5. The van der Waals surface area contributed by atoms with E-state index in [0.717, 1.165) is 12.1 Å². The number of carbonyl (C=O) groups excluding carboxylic acids is 2. The van der Waals surface area contributed by atoms with Gasteiger partial charge >= 0.3 is 18.4 Å². The van der Waals surface area contributed by atoms with E-state index in [2.05, 4.69) is 0 Å². The largest absolute Gasteiger partial charge is 0.443 e. The Labute approximate surface area is 226 Å². The fourth-order valence-corrected chi connectivity index (χ4v) is 3.59.